The molecule has 1 aromatic rings. The summed E-state index contributed by atoms with van der Waals surface area (Å²) in [5, 5.41) is 19.3. The molecule has 1 unspecified atom stereocenters. The van der Waals surface area contributed by atoms with E-state index >= 15 is 0 Å². The van der Waals surface area contributed by atoms with Crippen LogP contribution in [0.25, 0.3) is 0 Å². The van der Waals surface area contributed by atoms with Crippen LogP contribution in [-0.2, 0) is 4.79 Å². The number of nitrogens with zero attached hydrogens (tertiary/aromatic N) is 2. The lowest BCUT2D eigenvalue weighted by atomic mass is 10.1. The number of nitrogens with one attached hydrogen (secondary N) is 1. The quantitative estimate of drug-likeness (QED) is 0.592. The molecule has 1 aromatic heterocycles. The number of nitro groups is 1. The highest BCUT2D eigenvalue weighted by Gasteiger charge is 2.22. The smallest absolute Gasteiger partial charge is 0.308 e. The number of aliphatic carboxylic acids is 1. The molecule has 0 bridgehead atoms. The van der Waals surface area contributed by atoms with Gasteiger partial charge in [0.15, 0.2) is 0 Å². The molecule has 0 aromatic carbocycles. The zero-order valence-electron chi connectivity index (χ0n) is 10.6. The first-order chi connectivity index (χ1) is 8.86. The summed E-state index contributed by atoms with van der Waals surface area (Å²) in [5.74, 6) is -2.15. The number of carbonyl (C=O) groups excluding carboxylic acids is 1. The molecule has 0 radical (unpaired) electrons. The maximum atomic E-state index is 12.0. The molecule has 0 spiro atoms. The van der Waals surface area contributed by atoms with Crippen molar-refractivity contribution in [1.82, 2.24) is 9.88 Å². The Labute approximate surface area is 109 Å². The van der Waals surface area contributed by atoms with Crippen LogP contribution in [0.4, 0.5) is 5.69 Å². The monoisotopic (exact) mass is 269 g/mol. The summed E-state index contributed by atoms with van der Waals surface area (Å²) in [6.07, 6.45) is 1.13. The SMILES string of the molecule is CCN(CC(C)C(=O)O)C(=O)c1cc([N+](=O)[O-])c[nH]1. The molecule has 8 nitrogen and oxygen atoms in total. The van der Waals surface area contributed by atoms with Gasteiger partial charge in [-0.05, 0) is 6.92 Å². The van der Waals surface area contributed by atoms with Gasteiger partial charge in [-0.1, -0.05) is 6.92 Å². The van der Waals surface area contributed by atoms with Crippen LogP contribution in [0.15, 0.2) is 12.3 Å². The fraction of sp³-hybridized carbons (Fsp3) is 0.455. The van der Waals surface area contributed by atoms with Crippen molar-refractivity contribution in [2.45, 2.75) is 13.8 Å². The molecule has 1 rings (SSSR count). The normalized spacial score (nSPS) is 11.9. The summed E-state index contributed by atoms with van der Waals surface area (Å²) < 4.78 is 0. The number of hydrogen-bond donors (Lipinski definition) is 2. The van der Waals surface area contributed by atoms with Crippen LogP contribution in [0.5, 0.6) is 0 Å². The number of H-pyrrole nitrogens is 1. The van der Waals surface area contributed by atoms with Crippen LogP contribution in [0, 0.1) is 16.0 Å². The van der Waals surface area contributed by atoms with Gasteiger partial charge in [-0.15, -0.1) is 0 Å². The number of aromatic nitrogens is 1. The van der Waals surface area contributed by atoms with E-state index in [1.165, 1.54) is 11.8 Å². The highest BCUT2D eigenvalue weighted by atomic mass is 16.6. The van der Waals surface area contributed by atoms with Crippen molar-refractivity contribution in [3.63, 3.8) is 0 Å². The lowest BCUT2D eigenvalue weighted by molar-refractivity contribution is -0.384. The summed E-state index contributed by atoms with van der Waals surface area (Å²) in [6.45, 7) is 3.58. The van der Waals surface area contributed by atoms with Crippen LogP contribution in [0.2, 0.25) is 0 Å². The molecule has 0 fully saturated rings. The number of carboxylic acid groups (broad SMARTS) is 1. The number of aromatic amines is 1. The van der Waals surface area contributed by atoms with Crippen molar-refractivity contribution in [3.05, 3.63) is 28.1 Å². The van der Waals surface area contributed by atoms with Crippen LogP contribution in [-0.4, -0.2) is 44.9 Å². The Balaban J connectivity index is 2.83. The molecule has 1 amide bonds. The fourth-order valence-corrected chi connectivity index (χ4v) is 1.55. The van der Waals surface area contributed by atoms with Gasteiger partial charge in [0.25, 0.3) is 11.6 Å². The van der Waals surface area contributed by atoms with E-state index in [2.05, 4.69) is 4.98 Å². The summed E-state index contributed by atoms with van der Waals surface area (Å²) in [5.41, 5.74) is -0.128. The van der Waals surface area contributed by atoms with E-state index in [0.29, 0.717) is 6.54 Å². The van der Waals surface area contributed by atoms with E-state index < -0.39 is 22.7 Å². The molecule has 1 atom stereocenters. The van der Waals surface area contributed by atoms with Gasteiger partial charge >= 0.3 is 5.97 Å². The molecule has 0 saturated heterocycles. The van der Waals surface area contributed by atoms with Gasteiger partial charge in [0.2, 0.25) is 0 Å². The van der Waals surface area contributed by atoms with Crippen LogP contribution in [0.3, 0.4) is 0 Å². The van der Waals surface area contributed by atoms with Crippen LogP contribution in [0.1, 0.15) is 24.3 Å². The molecule has 1 heterocycles. The Bertz CT molecular complexity index is 496. The Morgan fingerprint density at radius 3 is 2.63 bits per heavy atom. The standard InChI is InChI=1S/C11H15N3O5/c1-3-13(6-7(2)11(16)17)10(15)9-4-8(5-12-9)14(18)19/h4-5,7,12H,3,6H2,1-2H3,(H,16,17). The Hall–Kier alpha value is -2.38. The Kier molecular flexibility index (Phi) is 4.62. The number of carboxylic acids is 1. The molecule has 0 aliphatic rings. The summed E-state index contributed by atoms with van der Waals surface area (Å²) in [4.78, 5) is 36.6. The molecular weight excluding hydrogens is 254 g/mol. The summed E-state index contributed by atoms with van der Waals surface area (Å²) >= 11 is 0. The van der Waals surface area contributed by atoms with Gasteiger partial charge in [0.1, 0.15) is 5.69 Å². The molecule has 0 saturated carbocycles. The second kappa shape index (κ2) is 5.98. The van der Waals surface area contributed by atoms with Crippen molar-refractivity contribution in [2.24, 2.45) is 5.92 Å². The van der Waals surface area contributed by atoms with Gasteiger partial charge in [-0.25, -0.2) is 0 Å². The Morgan fingerprint density at radius 2 is 2.21 bits per heavy atom. The maximum absolute atomic E-state index is 12.0. The molecule has 0 aliphatic carbocycles. The fourth-order valence-electron chi connectivity index (χ4n) is 1.55. The third-order valence-electron chi connectivity index (χ3n) is 2.69. The number of amides is 1. The minimum Gasteiger partial charge on any atom is -0.481 e. The van der Waals surface area contributed by atoms with Crippen molar-refractivity contribution in [1.29, 1.82) is 0 Å². The van der Waals surface area contributed by atoms with Gasteiger partial charge in [0, 0.05) is 19.2 Å². The predicted molar refractivity (Wildman–Crippen MR) is 65.8 cm³/mol. The van der Waals surface area contributed by atoms with Gasteiger partial charge in [-0.2, -0.15) is 0 Å². The Morgan fingerprint density at radius 1 is 1.58 bits per heavy atom. The average Bonchev–Trinajstić information content (AvgIpc) is 2.84. The zero-order valence-corrected chi connectivity index (χ0v) is 10.6. The van der Waals surface area contributed by atoms with E-state index in [1.54, 1.807) is 6.92 Å². The predicted octanol–water partition coefficient (Wildman–Crippen LogP) is 1.11. The number of rotatable bonds is 6. The van der Waals surface area contributed by atoms with Crippen molar-refractivity contribution >= 4 is 17.6 Å². The molecule has 0 aliphatic heterocycles. The highest BCUT2D eigenvalue weighted by Crippen LogP contribution is 2.14. The van der Waals surface area contributed by atoms with E-state index in [4.69, 9.17) is 5.11 Å². The topological polar surface area (TPSA) is 117 Å². The van der Waals surface area contributed by atoms with E-state index in [1.807, 2.05) is 0 Å². The summed E-state index contributed by atoms with van der Waals surface area (Å²) in [6, 6.07) is 1.14. The van der Waals surface area contributed by atoms with Gasteiger partial charge in [0.05, 0.1) is 17.0 Å². The lowest BCUT2D eigenvalue weighted by Crippen LogP contribution is -2.36. The average molecular weight is 269 g/mol. The third kappa shape index (κ3) is 3.54. The largest absolute Gasteiger partial charge is 0.481 e. The minimum absolute atomic E-state index is 0.0531. The van der Waals surface area contributed by atoms with E-state index in [-0.39, 0.29) is 17.9 Å². The van der Waals surface area contributed by atoms with Gasteiger partial charge in [-0.3, -0.25) is 19.7 Å². The second-order valence-corrected chi connectivity index (χ2v) is 4.11. The number of hydrogen-bond acceptors (Lipinski definition) is 4. The van der Waals surface area contributed by atoms with Crippen molar-refractivity contribution in [2.75, 3.05) is 13.1 Å². The molecule has 8 heteroatoms. The first-order valence-electron chi connectivity index (χ1n) is 5.71. The summed E-state index contributed by atoms with van der Waals surface area (Å²) in [7, 11) is 0. The zero-order chi connectivity index (χ0) is 14.6. The first kappa shape index (κ1) is 14.7. The molecule has 2 N–H and O–H groups in total. The van der Waals surface area contributed by atoms with E-state index in [0.717, 1.165) is 12.3 Å². The van der Waals surface area contributed by atoms with Crippen molar-refractivity contribution in [3.8, 4) is 0 Å². The lowest BCUT2D eigenvalue weighted by Gasteiger charge is -2.22. The van der Waals surface area contributed by atoms with Crippen LogP contribution < -0.4 is 0 Å². The molecule has 104 valence electrons. The highest BCUT2D eigenvalue weighted by molar-refractivity contribution is 5.93. The minimum atomic E-state index is -0.997. The third-order valence-corrected chi connectivity index (χ3v) is 2.69. The molecule has 19 heavy (non-hydrogen) atoms. The van der Waals surface area contributed by atoms with Gasteiger partial charge < -0.3 is 15.0 Å². The van der Waals surface area contributed by atoms with Crippen LogP contribution >= 0.6 is 0 Å². The maximum Gasteiger partial charge on any atom is 0.308 e. The van der Waals surface area contributed by atoms with Crippen molar-refractivity contribution < 1.29 is 19.6 Å². The second-order valence-electron chi connectivity index (χ2n) is 4.11. The molecular formula is C11H15N3O5. The van der Waals surface area contributed by atoms with E-state index in [9.17, 15) is 19.7 Å². The first-order valence-corrected chi connectivity index (χ1v) is 5.71. The number of carbonyl (C=O) groups is 2.